The Hall–Kier alpha value is -1.29. The van der Waals surface area contributed by atoms with Gasteiger partial charge in [-0.25, -0.2) is 4.98 Å². The van der Waals surface area contributed by atoms with Crippen molar-refractivity contribution in [3.8, 4) is 5.88 Å². The molecule has 1 aliphatic rings. The molecule has 1 aromatic heterocycles. The van der Waals surface area contributed by atoms with Gasteiger partial charge in [-0.2, -0.15) is 0 Å². The number of nitrogens with zero attached hydrogens (tertiary/aromatic N) is 1. The molecule has 0 atom stereocenters. The summed E-state index contributed by atoms with van der Waals surface area (Å²) >= 11 is 0. The topological polar surface area (TPSA) is 43.4 Å². The largest absolute Gasteiger partial charge is 0.468 e. The van der Waals surface area contributed by atoms with Gasteiger partial charge in [0.2, 0.25) is 5.88 Å². The predicted molar refractivity (Wildman–Crippen MR) is 49.0 cm³/mol. The fourth-order valence-corrected chi connectivity index (χ4v) is 1.11. The smallest absolute Gasteiger partial charge is 0.237 e. The van der Waals surface area contributed by atoms with Crippen LogP contribution in [0.25, 0.3) is 0 Å². The molecule has 13 heavy (non-hydrogen) atoms. The van der Waals surface area contributed by atoms with Gasteiger partial charge in [0.05, 0.1) is 18.9 Å². The summed E-state index contributed by atoms with van der Waals surface area (Å²) in [6.45, 7) is 1.33. The maximum atomic E-state index is 5.57. The van der Waals surface area contributed by atoms with E-state index in [0.717, 1.165) is 5.69 Å². The third kappa shape index (κ3) is 1.72. The first-order chi connectivity index (χ1) is 6.40. The highest BCUT2D eigenvalue weighted by Crippen LogP contribution is 2.22. The van der Waals surface area contributed by atoms with Crippen LogP contribution in [-0.2, 0) is 4.74 Å². The molecule has 4 nitrogen and oxygen atoms in total. The minimum Gasteiger partial charge on any atom is -0.468 e. The molecule has 70 valence electrons. The summed E-state index contributed by atoms with van der Waals surface area (Å²) in [7, 11) is 1.85. The molecule has 2 rings (SSSR count). The molecule has 0 bridgehead atoms. The van der Waals surface area contributed by atoms with Crippen molar-refractivity contribution in [3.63, 3.8) is 0 Å². The summed E-state index contributed by atoms with van der Waals surface area (Å²) in [5.41, 5.74) is 0.911. The molecule has 0 spiro atoms. The standard InChI is InChI=1S/C9H12N2O2/c1-10-8-3-2-4-11-9(8)13-7-5-12-6-7/h2-4,7,10H,5-6H2,1H3. The molecular weight excluding hydrogens is 168 g/mol. The van der Waals surface area contributed by atoms with Gasteiger partial charge in [-0.1, -0.05) is 0 Å². The number of anilines is 1. The number of rotatable bonds is 3. The molecule has 1 aliphatic heterocycles. The fraction of sp³-hybridized carbons (Fsp3) is 0.444. The van der Waals surface area contributed by atoms with Crippen molar-refractivity contribution < 1.29 is 9.47 Å². The zero-order valence-electron chi connectivity index (χ0n) is 7.49. The summed E-state index contributed by atoms with van der Waals surface area (Å²) in [6, 6.07) is 3.80. The van der Waals surface area contributed by atoms with E-state index in [-0.39, 0.29) is 6.10 Å². The summed E-state index contributed by atoms with van der Waals surface area (Å²) in [4.78, 5) is 4.13. The van der Waals surface area contributed by atoms with E-state index in [4.69, 9.17) is 9.47 Å². The first-order valence-electron chi connectivity index (χ1n) is 4.27. The Morgan fingerprint density at radius 3 is 3.08 bits per heavy atom. The van der Waals surface area contributed by atoms with Gasteiger partial charge >= 0.3 is 0 Å². The van der Waals surface area contributed by atoms with Crippen LogP contribution in [0.15, 0.2) is 18.3 Å². The van der Waals surface area contributed by atoms with Gasteiger partial charge in [0, 0.05) is 13.2 Å². The maximum absolute atomic E-state index is 5.57. The molecule has 1 aromatic rings. The van der Waals surface area contributed by atoms with Crippen molar-refractivity contribution in [2.24, 2.45) is 0 Å². The molecule has 0 saturated carbocycles. The molecule has 1 saturated heterocycles. The quantitative estimate of drug-likeness (QED) is 0.750. The molecule has 4 heteroatoms. The number of aromatic nitrogens is 1. The van der Waals surface area contributed by atoms with Crippen LogP contribution in [0.5, 0.6) is 5.88 Å². The fourth-order valence-electron chi connectivity index (χ4n) is 1.11. The minimum atomic E-state index is 0.169. The van der Waals surface area contributed by atoms with Gasteiger partial charge in [-0.3, -0.25) is 0 Å². The van der Waals surface area contributed by atoms with Crippen molar-refractivity contribution in [1.82, 2.24) is 4.98 Å². The van der Waals surface area contributed by atoms with Gasteiger partial charge in [-0.15, -0.1) is 0 Å². The van der Waals surface area contributed by atoms with Gasteiger partial charge in [0.25, 0.3) is 0 Å². The van der Waals surface area contributed by atoms with Gasteiger partial charge in [0.1, 0.15) is 6.10 Å². The number of nitrogens with one attached hydrogen (secondary N) is 1. The third-order valence-corrected chi connectivity index (χ3v) is 1.93. The monoisotopic (exact) mass is 180 g/mol. The highest BCUT2D eigenvalue weighted by molar-refractivity contribution is 5.51. The lowest BCUT2D eigenvalue weighted by molar-refractivity contribution is -0.0810. The van der Waals surface area contributed by atoms with Gasteiger partial charge in [-0.05, 0) is 12.1 Å². The molecule has 0 aromatic carbocycles. The molecule has 0 amide bonds. The average Bonchev–Trinajstić information content (AvgIpc) is 2.12. The minimum absolute atomic E-state index is 0.169. The molecule has 0 unspecified atom stereocenters. The number of hydrogen-bond donors (Lipinski definition) is 1. The Bertz CT molecular complexity index is 287. The lowest BCUT2D eigenvalue weighted by Crippen LogP contribution is -2.38. The van der Waals surface area contributed by atoms with Crippen LogP contribution >= 0.6 is 0 Å². The van der Waals surface area contributed by atoms with E-state index in [2.05, 4.69) is 10.3 Å². The maximum Gasteiger partial charge on any atom is 0.237 e. The lowest BCUT2D eigenvalue weighted by atomic mass is 10.3. The highest BCUT2D eigenvalue weighted by atomic mass is 16.6. The van der Waals surface area contributed by atoms with Crippen LogP contribution < -0.4 is 10.1 Å². The van der Waals surface area contributed by atoms with E-state index in [9.17, 15) is 0 Å². The highest BCUT2D eigenvalue weighted by Gasteiger charge is 2.21. The number of ether oxygens (including phenoxy) is 2. The first kappa shape index (κ1) is 8.31. The van der Waals surface area contributed by atoms with Crippen molar-refractivity contribution >= 4 is 5.69 Å². The molecule has 0 aliphatic carbocycles. The normalized spacial score (nSPS) is 16.4. The average molecular weight is 180 g/mol. The second-order valence-corrected chi connectivity index (χ2v) is 2.88. The van der Waals surface area contributed by atoms with E-state index in [1.165, 1.54) is 0 Å². The summed E-state index contributed by atoms with van der Waals surface area (Å²) in [5.74, 6) is 0.651. The lowest BCUT2D eigenvalue weighted by Gasteiger charge is -2.26. The zero-order valence-corrected chi connectivity index (χ0v) is 7.49. The Morgan fingerprint density at radius 1 is 1.62 bits per heavy atom. The second-order valence-electron chi connectivity index (χ2n) is 2.88. The van der Waals surface area contributed by atoms with Crippen LogP contribution in [0.1, 0.15) is 0 Å². The molecule has 0 radical (unpaired) electrons. The predicted octanol–water partition coefficient (Wildman–Crippen LogP) is 0.901. The zero-order chi connectivity index (χ0) is 9.10. The molecule has 1 fully saturated rings. The van der Waals surface area contributed by atoms with E-state index in [0.29, 0.717) is 19.1 Å². The Balaban J connectivity index is 2.08. The van der Waals surface area contributed by atoms with Crippen molar-refractivity contribution in [2.45, 2.75) is 6.10 Å². The van der Waals surface area contributed by atoms with Crippen LogP contribution in [0.3, 0.4) is 0 Å². The Morgan fingerprint density at radius 2 is 2.46 bits per heavy atom. The third-order valence-electron chi connectivity index (χ3n) is 1.93. The SMILES string of the molecule is CNc1cccnc1OC1COC1. The number of pyridine rings is 1. The van der Waals surface area contributed by atoms with E-state index in [1.807, 2.05) is 19.2 Å². The summed E-state index contributed by atoms with van der Waals surface area (Å²) < 4.78 is 10.6. The molecular formula is C9H12N2O2. The summed E-state index contributed by atoms with van der Waals surface area (Å²) in [6.07, 6.45) is 1.89. The van der Waals surface area contributed by atoms with Crippen molar-refractivity contribution in [1.29, 1.82) is 0 Å². The van der Waals surface area contributed by atoms with Gasteiger partial charge in [0.15, 0.2) is 0 Å². The van der Waals surface area contributed by atoms with E-state index < -0.39 is 0 Å². The van der Waals surface area contributed by atoms with Crippen LogP contribution in [0, 0.1) is 0 Å². The first-order valence-corrected chi connectivity index (χ1v) is 4.27. The van der Waals surface area contributed by atoms with Crippen LogP contribution in [0.4, 0.5) is 5.69 Å². The van der Waals surface area contributed by atoms with Crippen molar-refractivity contribution in [3.05, 3.63) is 18.3 Å². The van der Waals surface area contributed by atoms with Crippen LogP contribution in [0.2, 0.25) is 0 Å². The number of hydrogen-bond acceptors (Lipinski definition) is 4. The van der Waals surface area contributed by atoms with E-state index >= 15 is 0 Å². The van der Waals surface area contributed by atoms with Crippen molar-refractivity contribution in [2.75, 3.05) is 25.6 Å². The molecule has 1 N–H and O–H groups in total. The second kappa shape index (κ2) is 3.62. The van der Waals surface area contributed by atoms with Crippen LogP contribution in [-0.4, -0.2) is 31.3 Å². The van der Waals surface area contributed by atoms with Gasteiger partial charge < -0.3 is 14.8 Å². The Kier molecular flexibility index (Phi) is 2.31. The molecule has 2 heterocycles. The Labute approximate surface area is 76.9 Å². The van der Waals surface area contributed by atoms with E-state index in [1.54, 1.807) is 6.20 Å². The summed E-state index contributed by atoms with van der Waals surface area (Å²) in [5, 5.41) is 3.02.